The van der Waals surface area contributed by atoms with Crippen molar-refractivity contribution < 1.29 is 22.7 Å². The van der Waals surface area contributed by atoms with Crippen LogP contribution in [0.5, 0.6) is 5.75 Å². The number of carbonyl (C=O) groups is 1. The van der Waals surface area contributed by atoms with Crippen molar-refractivity contribution in [3.63, 3.8) is 0 Å². The Balaban J connectivity index is 0.00000242. The van der Waals surface area contributed by atoms with Crippen molar-refractivity contribution in [1.29, 1.82) is 0 Å². The quantitative estimate of drug-likeness (QED) is 0.887. The second-order valence-corrected chi connectivity index (χ2v) is 5.08. The molecule has 0 bridgehead atoms. The first-order chi connectivity index (χ1) is 9.89. The van der Waals surface area contributed by atoms with Gasteiger partial charge in [-0.15, -0.1) is 25.6 Å². The van der Waals surface area contributed by atoms with Gasteiger partial charge in [0.25, 0.3) is 5.91 Å². The van der Waals surface area contributed by atoms with E-state index in [1.807, 2.05) is 0 Å². The number of rotatable bonds is 4. The van der Waals surface area contributed by atoms with Gasteiger partial charge in [-0.3, -0.25) is 4.79 Å². The first-order valence-corrected chi connectivity index (χ1v) is 6.76. The van der Waals surface area contributed by atoms with Crippen LogP contribution in [-0.2, 0) is 0 Å². The molecule has 0 saturated heterocycles. The van der Waals surface area contributed by atoms with Crippen LogP contribution < -0.4 is 15.8 Å². The van der Waals surface area contributed by atoms with Crippen LogP contribution in [0.15, 0.2) is 24.3 Å². The molecule has 8 heteroatoms. The standard InChI is InChI=1S/C14H17F3N2O2.ClH/c15-14(16,17)21-11-5-1-3-9(7-11)13(20)19-12-6-2-4-10(12)8-18;/h1,3,5,7,10,12H,2,4,6,8,18H2,(H,19,20);1H. The van der Waals surface area contributed by atoms with E-state index in [1.165, 1.54) is 12.1 Å². The van der Waals surface area contributed by atoms with Crippen molar-refractivity contribution in [3.8, 4) is 5.75 Å². The molecule has 22 heavy (non-hydrogen) atoms. The van der Waals surface area contributed by atoms with Gasteiger partial charge in [0.15, 0.2) is 0 Å². The minimum absolute atomic E-state index is 0. The topological polar surface area (TPSA) is 64.3 Å². The Morgan fingerprint density at radius 1 is 1.36 bits per heavy atom. The Morgan fingerprint density at radius 2 is 2.09 bits per heavy atom. The van der Waals surface area contributed by atoms with Crippen LogP contribution in [0, 0.1) is 5.92 Å². The molecule has 3 N–H and O–H groups in total. The van der Waals surface area contributed by atoms with E-state index >= 15 is 0 Å². The maximum absolute atomic E-state index is 12.2. The lowest BCUT2D eigenvalue weighted by Gasteiger charge is -2.19. The van der Waals surface area contributed by atoms with Crippen molar-refractivity contribution in [1.82, 2.24) is 5.32 Å². The summed E-state index contributed by atoms with van der Waals surface area (Å²) in [5.41, 5.74) is 5.77. The fourth-order valence-electron chi connectivity index (χ4n) is 2.60. The number of amides is 1. The Kier molecular flexibility index (Phi) is 6.49. The largest absolute Gasteiger partial charge is 0.573 e. The normalized spacial score (nSPS) is 21.1. The van der Waals surface area contributed by atoms with E-state index < -0.39 is 18.0 Å². The van der Waals surface area contributed by atoms with Crippen LogP contribution in [0.4, 0.5) is 13.2 Å². The fraction of sp³-hybridized carbons (Fsp3) is 0.500. The van der Waals surface area contributed by atoms with Gasteiger partial charge >= 0.3 is 6.36 Å². The smallest absolute Gasteiger partial charge is 0.406 e. The third-order valence-electron chi connectivity index (χ3n) is 3.61. The number of hydrogen-bond acceptors (Lipinski definition) is 3. The Hall–Kier alpha value is -1.47. The van der Waals surface area contributed by atoms with Crippen molar-refractivity contribution in [2.24, 2.45) is 11.7 Å². The molecule has 0 heterocycles. The average molecular weight is 339 g/mol. The second kappa shape index (κ2) is 7.69. The first kappa shape index (κ1) is 18.6. The molecule has 2 unspecified atom stereocenters. The summed E-state index contributed by atoms with van der Waals surface area (Å²) in [6, 6.07) is 5.02. The summed E-state index contributed by atoms with van der Waals surface area (Å²) in [7, 11) is 0. The van der Waals surface area contributed by atoms with E-state index in [2.05, 4.69) is 10.1 Å². The predicted octanol–water partition coefficient (Wildman–Crippen LogP) is 2.86. The number of alkyl halides is 3. The second-order valence-electron chi connectivity index (χ2n) is 5.08. The van der Waals surface area contributed by atoms with Gasteiger partial charge in [0.1, 0.15) is 5.75 Å². The van der Waals surface area contributed by atoms with Crippen molar-refractivity contribution in [2.45, 2.75) is 31.7 Å². The zero-order chi connectivity index (χ0) is 15.5. The van der Waals surface area contributed by atoms with Gasteiger partial charge in [0.05, 0.1) is 0 Å². The molecule has 1 aliphatic carbocycles. The highest BCUT2D eigenvalue weighted by Crippen LogP contribution is 2.26. The molecule has 2 rings (SSSR count). The molecule has 4 nitrogen and oxygen atoms in total. The Labute approximate surface area is 132 Å². The Bertz CT molecular complexity index is 511. The molecule has 0 aromatic heterocycles. The highest BCUT2D eigenvalue weighted by Gasteiger charge is 2.31. The zero-order valence-electron chi connectivity index (χ0n) is 11.7. The molecular formula is C14H18ClF3N2O2. The van der Waals surface area contributed by atoms with Crippen LogP contribution in [-0.4, -0.2) is 24.9 Å². The lowest BCUT2D eigenvalue weighted by atomic mass is 10.0. The molecule has 1 aliphatic rings. The monoisotopic (exact) mass is 338 g/mol. The van der Waals surface area contributed by atoms with Gasteiger partial charge in [-0.25, -0.2) is 0 Å². The van der Waals surface area contributed by atoms with Gasteiger partial charge in [-0.1, -0.05) is 12.5 Å². The molecule has 124 valence electrons. The van der Waals surface area contributed by atoms with Crippen LogP contribution in [0.3, 0.4) is 0 Å². The molecule has 0 radical (unpaired) electrons. The van der Waals surface area contributed by atoms with E-state index in [0.717, 1.165) is 31.4 Å². The number of hydrogen-bond donors (Lipinski definition) is 2. The highest BCUT2D eigenvalue weighted by molar-refractivity contribution is 5.94. The molecule has 1 fully saturated rings. The number of benzene rings is 1. The summed E-state index contributed by atoms with van der Waals surface area (Å²) in [5, 5.41) is 2.83. The van der Waals surface area contributed by atoms with E-state index in [1.54, 1.807) is 0 Å². The average Bonchev–Trinajstić information content (AvgIpc) is 2.84. The Morgan fingerprint density at radius 3 is 2.73 bits per heavy atom. The van der Waals surface area contributed by atoms with E-state index in [9.17, 15) is 18.0 Å². The van der Waals surface area contributed by atoms with Gasteiger partial charge in [0.2, 0.25) is 0 Å². The molecule has 2 atom stereocenters. The minimum atomic E-state index is -4.77. The number of nitrogens with one attached hydrogen (secondary N) is 1. The zero-order valence-corrected chi connectivity index (χ0v) is 12.5. The van der Waals surface area contributed by atoms with Crippen LogP contribution in [0.2, 0.25) is 0 Å². The summed E-state index contributed by atoms with van der Waals surface area (Å²) in [6.45, 7) is 0.488. The van der Waals surface area contributed by atoms with Crippen molar-refractivity contribution in [2.75, 3.05) is 6.54 Å². The molecule has 1 saturated carbocycles. The highest BCUT2D eigenvalue weighted by atomic mass is 35.5. The van der Waals surface area contributed by atoms with Gasteiger partial charge in [-0.05, 0) is 43.5 Å². The summed E-state index contributed by atoms with van der Waals surface area (Å²) in [5.74, 6) is -0.589. The fourth-order valence-corrected chi connectivity index (χ4v) is 2.60. The maximum atomic E-state index is 12.2. The van der Waals surface area contributed by atoms with E-state index in [4.69, 9.17) is 5.73 Å². The summed E-state index contributed by atoms with van der Waals surface area (Å²) in [4.78, 5) is 12.1. The van der Waals surface area contributed by atoms with E-state index in [-0.39, 0.29) is 29.9 Å². The maximum Gasteiger partial charge on any atom is 0.573 e. The molecule has 1 aromatic rings. The number of carbonyl (C=O) groups excluding carboxylic acids is 1. The number of nitrogens with two attached hydrogens (primary N) is 1. The minimum Gasteiger partial charge on any atom is -0.406 e. The van der Waals surface area contributed by atoms with Crippen LogP contribution >= 0.6 is 12.4 Å². The molecule has 1 aromatic carbocycles. The van der Waals surface area contributed by atoms with Gasteiger partial charge in [0, 0.05) is 11.6 Å². The molecule has 1 amide bonds. The number of ether oxygens (including phenoxy) is 1. The first-order valence-electron chi connectivity index (χ1n) is 6.76. The molecule has 0 aliphatic heterocycles. The van der Waals surface area contributed by atoms with Crippen LogP contribution in [0.25, 0.3) is 0 Å². The van der Waals surface area contributed by atoms with Crippen molar-refractivity contribution in [3.05, 3.63) is 29.8 Å². The van der Waals surface area contributed by atoms with Gasteiger partial charge < -0.3 is 15.8 Å². The van der Waals surface area contributed by atoms with E-state index in [0.29, 0.717) is 6.54 Å². The third kappa shape index (κ3) is 5.06. The third-order valence-corrected chi connectivity index (χ3v) is 3.61. The predicted molar refractivity (Wildman–Crippen MR) is 78.0 cm³/mol. The molecular weight excluding hydrogens is 321 g/mol. The summed E-state index contributed by atoms with van der Waals surface area (Å²) >= 11 is 0. The SMILES string of the molecule is Cl.NCC1CCCC1NC(=O)c1cccc(OC(F)(F)F)c1. The van der Waals surface area contributed by atoms with Gasteiger partial charge in [-0.2, -0.15) is 0 Å². The summed E-state index contributed by atoms with van der Waals surface area (Å²) < 4.78 is 40.3. The number of halogens is 4. The molecule has 0 spiro atoms. The van der Waals surface area contributed by atoms with Crippen LogP contribution in [0.1, 0.15) is 29.6 Å². The summed E-state index contributed by atoms with van der Waals surface area (Å²) in [6.07, 6.45) is -1.99. The lowest BCUT2D eigenvalue weighted by molar-refractivity contribution is -0.274. The van der Waals surface area contributed by atoms with Crippen molar-refractivity contribution >= 4 is 18.3 Å². The lowest BCUT2D eigenvalue weighted by Crippen LogP contribution is -2.39.